The molecule has 0 N–H and O–H groups in total. The summed E-state index contributed by atoms with van der Waals surface area (Å²) in [4.78, 5) is 23.8. The molecule has 0 spiro atoms. The summed E-state index contributed by atoms with van der Waals surface area (Å²) in [5.41, 5.74) is -1.37. The second kappa shape index (κ2) is 8.59. The fraction of sp³-hybridized carbons (Fsp3) is 0.818. The van der Waals surface area contributed by atoms with Crippen LogP contribution in [0.15, 0.2) is 0 Å². The van der Waals surface area contributed by atoms with Crippen LogP contribution in [0.5, 0.6) is 0 Å². The van der Waals surface area contributed by atoms with Crippen molar-refractivity contribution in [3.63, 3.8) is 0 Å². The van der Waals surface area contributed by atoms with Crippen molar-refractivity contribution in [3.05, 3.63) is 0 Å². The quantitative estimate of drug-likeness (QED) is 0.390. The van der Waals surface area contributed by atoms with Gasteiger partial charge in [-0.2, -0.15) is 0 Å². The largest absolute Gasteiger partial charge is 0.465 e. The molecular weight excluding hydrogens is 267 g/mol. The molecule has 0 amide bonds. The second-order valence-corrected chi connectivity index (χ2v) is 4.16. The van der Waals surface area contributed by atoms with Gasteiger partial charge in [-0.25, -0.2) is 0 Å². The molecule has 6 heteroatoms. The first-order valence-electron chi connectivity index (χ1n) is 5.55. The van der Waals surface area contributed by atoms with E-state index in [-0.39, 0.29) is 37.8 Å². The van der Waals surface area contributed by atoms with Gasteiger partial charge < -0.3 is 9.47 Å². The molecule has 0 atom stereocenters. The zero-order valence-electron chi connectivity index (χ0n) is 10.1. The summed E-state index contributed by atoms with van der Waals surface area (Å²) in [7, 11) is 0. The lowest BCUT2D eigenvalue weighted by Gasteiger charge is -2.27. The topological polar surface area (TPSA) is 52.6 Å². The average molecular weight is 285 g/mol. The fourth-order valence-electron chi connectivity index (χ4n) is 1.48. The molecule has 0 saturated carbocycles. The Labute approximate surface area is 112 Å². The van der Waals surface area contributed by atoms with Crippen molar-refractivity contribution in [2.45, 2.75) is 26.7 Å². The molecule has 0 aliphatic carbocycles. The molecule has 0 aromatic rings. The molecular formula is C11H18Cl2O4. The Hall–Kier alpha value is -0.480. The van der Waals surface area contributed by atoms with Crippen LogP contribution in [0.3, 0.4) is 0 Å². The summed E-state index contributed by atoms with van der Waals surface area (Å²) in [5.74, 6) is -0.900. The summed E-state index contributed by atoms with van der Waals surface area (Å²) in [5, 5.41) is 0. The fourth-order valence-corrected chi connectivity index (χ4v) is 2.12. The van der Waals surface area contributed by atoms with Gasteiger partial charge in [0.2, 0.25) is 0 Å². The van der Waals surface area contributed by atoms with E-state index < -0.39 is 17.4 Å². The van der Waals surface area contributed by atoms with Gasteiger partial charge in [-0.05, 0) is 26.7 Å². The summed E-state index contributed by atoms with van der Waals surface area (Å²) < 4.78 is 9.85. The molecule has 0 aromatic carbocycles. The molecule has 100 valence electrons. The highest BCUT2D eigenvalue weighted by molar-refractivity contribution is 6.19. The van der Waals surface area contributed by atoms with E-state index in [2.05, 4.69) is 0 Å². The highest BCUT2D eigenvalue weighted by atomic mass is 35.5. The van der Waals surface area contributed by atoms with Crippen LogP contribution in [0.25, 0.3) is 0 Å². The van der Waals surface area contributed by atoms with E-state index in [1.807, 2.05) is 0 Å². The highest BCUT2D eigenvalue weighted by Gasteiger charge is 2.47. The van der Waals surface area contributed by atoms with Crippen LogP contribution >= 0.6 is 23.2 Å². The lowest BCUT2D eigenvalue weighted by atomic mass is 9.82. The zero-order chi connectivity index (χ0) is 13.3. The van der Waals surface area contributed by atoms with Gasteiger partial charge in [0.1, 0.15) is 0 Å². The van der Waals surface area contributed by atoms with Crippen LogP contribution in [0.4, 0.5) is 0 Å². The zero-order valence-corrected chi connectivity index (χ0v) is 11.6. The van der Waals surface area contributed by atoms with Gasteiger partial charge in [-0.3, -0.25) is 9.59 Å². The van der Waals surface area contributed by atoms with E-state index in [9.17, 15) is 9.59 Å². The summed E-state index contributed by atoms with van der Waals surface area (Å²) in [6.45, 7) is 3.75. The van der Waals surface area contributed by atoms with Crippen molar-refractivity contribution in [2.75, 3.05) is 25.0 Å². The third-order valence-corrected chi connectivity index (χ3v) is 2.75. The maximum atomic E-state index is 11.9. The smallest absolute Gasteiger partial charge is 0.323 e. The standard InChI is InChI=1S/C11H18Cl2O4/c1-3-16-9(14)11(5-7-12,6-8-13)10(15)17-4-2/h3-8H2,1-2H3. The third-order valence-electron chi connectivity index (χ3n) is 2.37. The Bertz CT molecular complexity index is 230. The first-order chi connectivity index (χ1) is 8.08. The SMILES string of the molecule is CCOC(=O)C(CCCl)(CCCl)C(=O)OCC. The molecule has 0 aliphatic heterocycles. The molecule has 0 unspecified atom stereocenters. The predicted octanol–water partition coefficient (Wildman–Crippen LogP) is 2.36. The lowest BCUT2D eigenvalue weighted by Crippen LogP contribution is -2.43. The first kappa shape index (κ1) is 16.5. The number of carbonyl (C=O) groups is 2. The van der Waals surface area contributed by atoms with E-state index in [4.69, 9.17) is 32.7 Å². The summed E-state index contributed by atoms with van der Waals surface area (Å²) in [6.07, 6.45) is 0.331. The average Bonchev–Trinajstić information content (AvgIpc) is 2.29. The Morgan fingerprint density at radius 2 is 1.29 bits per heavy atom. The van der Waals surface area contributed by atoms with Crippen molar-refractivity contribution in [1.29, 1.82) is 0 Å². The summed E-state index contributed by atoms with van der Waals surface area (Å²) in [6, 6.07) is 0. The van der Waals surface area contributed by atoms with Gasteiger partial charge in [-0.1, -0.05) is 0 Å². The van der Waals surface area contributed by atoms with Crippen molar-refractivity contribution in [3.8, 4) is 0 Å². The van der Waals surface area contributed by atoms with Crippen LogP contribution < -0.4 is 0 Å². The van der Waals surface area contributed by atoms with Crippen molar-refractivity contribution in [1.82, 2.24) is 0 Å². The van der Waals surface area contributed by atoms with Gasteiger partial charge in [0.05, 0.1) is 13.2 Å². The molecule has 4 nitrogen and oxygen atoms in total. The molecule has 17 heavy (non-hydrogen) atoms. The Morgan fingerprint density at radius 3 is 1.53 bits per heavy atom. The van der Waals surface area contributed by atoms with Crippen molar-refractivity contribution >= 4 is 35.1 Å². The van der Waals surface area contributed by atoms with E-state index in [0.29, 0.717) is 0 Å². The number of halogens is 2. The minimum Gasteiger partial charge on any atom is -0.465 e. The maximum absolute atomic E-state index is 11.9. The highest BCUT2D eigenvalue weighted by Crippen LogP contribution is 2.31. The molecule has 0 heterocycles. The number of rotatable bonds is 8. The van der Waals surface area contributed by atoms with E-state index in [1.54, 1.807) is 13.8 Å². The minimum atomic E-state index is -1.37. The normalized spacial score (nSPS) is 11.1. The Morgan fingerprint density at radius 1 is 0.941 bits per heavy atom. The van der Waals surface area contributed by atoms with Crippen molar-refractivity contribution < 1.29 is 19.1 Å². The van der Waals surface area contributed by atoms with Crippen LogP contribution in [-0.2, 0) is 19.1 Å². The van der Waals surface area contributed by atoms with Gasteiger partial charge in [0.25, 0.3) is 0 Å². The van der Waals surface area contributed by atoms with Gasteiger partial charge in [0, 0.05) is 11.8 Å². The Balaban J connectivity index is 5.09. The molecule has 0 radical (unpaired) electrons. The summed E-state index contributed by atoms with van der Waals surface area (Å²) >= 11 is 11.3. The Kier molecular flexibility index (Phi) is 8.35. The maximum Gasteiger partial charge on any atom is 0.323 e. The van der Waals surface area contributed by atoms with Crippen LogP contribution in [0.2, 0.25) is 0 Å². The number of esters is 2. The minimum absolute atomic E-state index is 0.161. The lowest BCUT2D eigenvalue weighted by molar-refractivity contribution is -0.172. The van der Waals surface area contributed by atoms with E-state index in [0.717, 1.165) is 0 Å². The molecule has 0 bridgehead atoms. The van der Waals surface area contributed by atoms with Crippen LogP contribution in [0, 0.1) is 5.41 Å². The van der Waals surface area contributed by atoms with Crippen molar-refractivity contribution in [2.24, 2.45) is 5.41 Å². The number of carbonyl (C=O) groups excluding carboxylic acids is 2. The monoisotopic (exact) mass is 284 g/mol. The van der Waals surface area contributed by atoms with Crippen LogP contribution in [-0.4, -0.2) is 36.9 Å². The number of alkyl halides is 2. The number of hydrogen-bond acceptors (Lipinski definition) is 4. The molecule has 0 aliphatic rings. The molecule has 0 aromatic heterocycles. The van der Waals surface area contributed by atoms with Crippen LogP contribution in [0.1, 0.15) is 26.7 Å². The van der Waals surface area contributed by atoms with Gasteiger partial charge >= 0.3 is 11.9 Å². The third kappa shape index (κ3) is 4.36. The molecule has 0 rings (SSSR count). The first-order valence-corrected chi connectivity index (χ1v) is 6.62. The molecule has 0 saturated heterocycles. The molecule has 0 fully saturated rings. The van der Waals surface area contributed by atoms with E-state index >= 15 is 0 Å². The second-order valence-electron chi connectivity index (χ2n) is 3.40. The number of ether oxygens (including phenoxy) is 2. The van der Waals surface area contributed by atoms with E-state index in [1.165, 1.54) is 0 Å². The van der Waals surface area contributed by atoms with Gasteiger partial charge in [0.15, 0.2) is 5.41 Å². The number of hydrogen-bond donors (Lipinski definition) is 0. The van der Waals surface area contributed by atoms with Gasteiger partial charge in [-0.15, -0.1) is 23.2 Å². The predicted molar refractivity (Wildman–Crippen MR) is 66.4 cm³/mol.